The molecule has 1 aromatic carbocycles. The molecule has 96 valence electrons. The summed E-state index contributed by atoms with van der Waals surface area (Å²) < 4.78 is 13.7. The molecular formula is C14H17FN2S. The minimum Gasteiger partial charge on any atom is -0.330 e. The van der Waals surface area contributed by atoms with Gasteiger partial charge >= 0.3 is 0 Å². The van der Waals surface area contributed by atoms with Crippen LogP contribution in [0, 0.1) is 12.7 Å². The van der Waals surface area contributed by atoms with E-state index in [1.165, 1.54) is 10.9 Å². The number of aryl methyl sites for hydroxylation is 2. The van der Waals surface area contributed by atoms with Crippen molar-refractivity contribution in [1.29, 1.82) is 0 Å². The summed E-state index contributed by atoms with van der Waals surface area (Å²) in [7, 11) is 0. The summed E-state index contributed by atoms with van der Waals surface area (Å²) in [4.78, 5) is 5.49. The molecule has 0 aliphatic heterocycles. The highest BCUT2D eigenvalue weighted by Gasteiger charge is 2.14. The number of rotatable bonds is 5. The fraction of sp³-hybridized carbons (Fsp3) is 0.357. The predicted molar refractivity (Wildman–Crippen MR) is 73.4 cm³/mol. The first-order valence-corrected chi connectivity index (χ1v) is 6.93. The zero-order valence-corrected chi connectivity index (χ0v) is 11.2. The van der Waals surface area contributed by atoms with Gasteiger partial charge in [-0.2, -0.15) is 0 Å². The van der Waals surface area contributed by atoms with Gasteiger partial charge in [0.05, 0.1) is 11.2 Å². The van der Waals surface area contributed by atoms with Crippen molar-refractivity contribution in [3.8, 4) is 0 Å². The van der Waals surface area contributed by atoms with E-state index >= 15 is 0 Å². The van der Waals surface area contributed by atoms with Crippen LogP contribution in [0.15, 0.2) is 29.8 Å². The van der Waals surface area contributed by atoms with Crippen molar-refractivity contribution >= 4 is 11.3 Å². The Morgan fingerprint density at radius 1 is 1.39 bits per heavy atom. The standard InChI is InChI=1S/C14H17FN2S/c1-10-14(18-9-17-10)7-6-11(8-16)12-4-2-3-5-13(12)15/h2-5,9,11H,6-8,16H2,1H3. The average molecular weight is 264 g/mol. The second-order valence-corrected chi connectivity index (χ2v) is 5.29. The monoisotopic (exact) mass is 264 g/mol. The van der Waals surface area contributed by atoms with Gasteiger partial charge in [0.1, 0.15) is 5.82 Å². The Bertz CT molecular complexity index is 510. The summed E-state index contributed by atoms with van der Waals surface area (Å²) in [6, 6.07) is 6.89. The van der Waals surface area contributed by atoms with E-state index < -0.39 is 0 Å². The van der Waals surface area contributed by atoms with E-state index in [0.717, 1.165) is 24.1 Å². The van der Waals surface area contributed by atoms with Gasteiger partial charge in [0.25, 0.3) is 0 Å². The molecule has 0 bridgehead atoms. The number of aromatic nitrogens is 1. The number of thiazole rings is 1. The molecule has 0 saturated heterocycles. The first kappa shape index (κ1) is 13.2. The molecule has 0 radical (unpaired) electrons. The molecule has 0 aliphatic rings. The summed E-state index contributed by atoms with van der Waals surface area (Å²) in [5.74, 6) is -0.0818. The highest BCUT2D eigenvalue weighted by atomic mass is 32.1. The zero-order chi connectivity index (χ0) is 13.0. The van der Waals surface area contributed by atoms with Crippen molar-refractivity contribution in [3.05, 3.63) is 51.7 Å². The third-order valence-electron chi connectivity index (χ3n) is 3.19. The van der Waals surface area contributed by atoms with Gasteiger partial charge in [0.15, 0.2) is 0 Å². The fourth-order valence-electron chi connectivity index (χ4n) is 2.08. The summed E-state index contributed by atoms with van der Waals surface area (Å²) in [5.41, 5.74) is 9.42. The molecule has 1 heterocycles. The Balaban J connectivity index is 2.07. The molecule has 1 atom stereocenters. The SMILES string of the molecule is Cc1ncsc1CCC(CN)c1ccccc1F. The van der Waals surface area contributed by atoms with Crippen LogP contribution in [0.25, 0.3) is 0 Å². The van der Waals surface area contributed by atoms with Crippen LogP contribution in [0.5, 0.6) is 0 Å². The van der Waals surface area contributed by atoms with Gasteiger partial charge in [-0.1, -0.05) is 18.2 Å². The van der Waals surface area contributed by atoms with Crippen molar-refractivity contribution < 1.29 is 4.39 Å². The highest BCUT2D eigenvalue weighted by molar-refractivity contribution is 7.09. The van der Waals surface area contributed by atoms with Crippen LogP contribution >= 0.6 is 11.3 Å². The van der Waals surface area contributed by atoms with Crippen molar-refractivity contribution in [2.45, 2.75) is 25.7 Å². The van der Waals surface area contributed by atoms with E-state index in [1.54, 1.807) is 17.4 Å². The molecule has 2 rings (SSSR count). The van der Waals surface area contributed by atoms with Gasteiger partial charge in [-0.3, -0.25) is 0 Å². The van der Waals surface area contributed by atoms with E-state index in [1.807, 2.05) is 24.6 Å². The molecule has 2 N–H and O–H groups in total. The summed E-state index contributed by atoms with van der Waals surface area (Å²) in [5, 5.41) is 0. The van der Waals surface area contributed by atoms with Gasteiger partial charge in [-0.05, 0) is 43.9 Å². The third kappa shape index (κ3) is 2.94. The quantitative estimate of drug-likeness (QED) is 0.900. The van der Waals surface area contributed by atoms with E-state index in [4.69, 9.17) is 5.73 Å². The minimum absolute atomic E-state index is 0.0766. The Morgan fingerprint density at radius 2 is 2.17 bits per heavy atom. The second kappa shape index (κ2) is 6.07. The minimum atomic E-state index is -0.158. The topological polar surface area (TPSA) is 38.9 Å². The first-order valence-electron chi connectivity index (χ1n) is 6.05. The van der Waals surface area contributed by atoms with Crippen molar-refractivity contribution in [3.63, 3.8) is 0 Å². The molecule has 18 heavy (non-hydrogen) atoms. The van der Waals surface area contributed by atoms with Crippen LogP contribution in [0.3, 0.4) is 0 Å². The number of hydrogen-bond donors (Lipinski definition) is 1. The molecule has 2 nitrogen and oxygen atoms in total. The third-order valence-corrected chi connectivity index (χ3v) is 4.19. The van der Waals surface area contributed by atoms with Crippen LogP contribution < -0.4 is 5.73 Å². The van der Waals surface area contributed by atoms with E-state index in [2.05, 4.69) is 4.98 Å². The molecule has 0 aliphatic carbocycles. The van der Waals surface area contributed by atoms with Crippen molar-refractivity contribution in [2.75, 3.05) is 6.54 Å². The van der Waals surface area contributed by atoms with Gasteiger partial charge in [0, 0.05) is 4.88 Å². The van der Waals surface area contributed by atoms with Crippen LogP contribution in [0.1, 0.15) is 28.5 Å². The Hall–Kier alpha value is -1.26. The van der Waals surface area contributed by atoms with Crippen LogP contribution in [0.2, 0.25) is 0 Å². The lowest BCUT2D eigenvalue weighted by atomic mass is 9.93. The summed E-state index contributed by atoms with van der Waals surface area (Å²) in [6.07, 6.45) is 1.77. The highest BCUT2D eigenvalue weighted by Crippen LogP contribution is 2.25. The normalized spacial score (nSPS) is 12.6. The van der Waals surface area contributed by atoms with Crippen LogP contribution in [-0.4, -0.2) is 11.5 Å². The predicted octanol–water partition coefficient (Wildman–Crippen LogP) is 3.27. The zero-order valence-electron chi connectivity index (χ0n) is 10.4. The smallest absolute Gasteiger partial charge is 0.126 e. The van der Waals surface area contributed by atoms with E-state index in [-0.39, 0.29) is 11.7 Å². The number of nitrogens with zero attached hydrogens (tertiary/aromatic N) is 1. The maximum atomic E-state index is 13.7. The Labute approximate surface area is 111 Å². The molecule has 0 fully saturated rings. The van der Waals surface area contributed by atoms with Gasteiger partial charge in [-0.25, -0.2) is 9.37 Å². The Kier molecular flexibility index (Phi) is 4.44. The summed E-state index contributed by atoms with van der Waals surface area (Å²) >= 11 is 1.66. The lowest BCUT2D eigenvalue weighted by Gasteiger charge is -2.15. The van der Waals surface area contributed by atoms with Gasteiger partial charge < -0.3 is 5.73 Å². The summed E-state index contributed by atoms with van der Waals surface area (Å²) in [6.45, 7) is 2.48. The molecule has 2 aromatic rings. The van der Waals surface area contributed by atoms with E-state index in [9.17, 15) is 4.39 Å². The van der Waals surface area contributed by atoms with Crippen molar-refractivity contribution in [2.24, 2.45) is 5.73 Å². The Morgan fingerprint density at radius 3 is 2.78 bits per heavy atom. The maximum absolute atomic E-state index is 13.7. The largest absolute Gasteiger partial charge is 0.330 e. The van der Waals surface area contributed by atoms with Crippen LogP contribution in [0.4, 0.5) is 4.39 Å². The molecule has 0 amide bonds. The number of hydrogen-bond acceptors (Lipinski definition) is 3. The average Bonchev–Trinajstić information content (AvgIpc) is 2.78. The first-order chi connectivity index (χ1) is 8.72. The molecule has 0 saturated carbocycles. The molecule has 1 unspecified atom stereocenters. The fourth-order valence-corrected chi connectivity index (χ4v) is 2.87. The van der Waals surface area contributed by atoms with Gasteiger partial charge in [0.2, 0.25) is 0 Å². The van der Waals surface area contributed by atoms with Gasteiger partial charge in [-0.15, -0.1) is 11.3 Å². The number of nitrogens with two attached hydrogens (primary N) is 1. The maximum Gasteiger partial charge on any atom is 0.126 e. The number of halogens is 1. The molecule has 1 aromatic heterocycles. The molecule has 0 spiro atoms. The number of benzene rings is 1. The van der Waals surface area contributed by atoms with Crippen LogP contribution in [-0.2, 0) is 6.42 Å². The molecular weight excluding hydrogens is 247 g/mol. The lowest BCUT2D eigenvalue weighted by Crippen LogP contribution is -2.14. The van der Waals surface area contributed by atoms with E-state index in [0.29, 0.717) is 6.54 Å². The van der Waals surface area contributed by atoms with Crippen molar-refractivity contribution in [1.82, 2.24) is 4.98 Å². The lowest BCUT2D eigenvalue weighted by molar-refractivity contribution is 0.558. The molecule has 4 heteroatoms. The second-order valence-electron chi connectivity index (χ2n) is 4.35.